The molecule has 116 valence electrons. The van der Waals surface area contributed by atoms with Gasteiger partial charge in [0.25, 0.3) is 0 Å². The van der Waals surface area contributed by atoms with Crippen LogP contribution >= 0.6 is 0 Å². The van der Waals surface area contributed by atoms with E-state index in [9.17, 15) is 0 Å². The first-order valence-electron chi connectivity index (χ1n) is 8.53. The predicted octanol–water partition coefficient (Wildman–Crippen LogP) is 6.22. The zero-order valence-electron chi connectivity index (χ0n) is 14.5. The van der Waals surface area contributed by atoms with Gasteiger partial charge in [0.05, 0.1) is 13.2 Å². The Morgan fingerprint density at radius 1 is 0.684 bits per heavy atom. The molecule has 1 nitrogen and oxygen atoms in total. The topological polar surface area (TPSA) is 9.23 Å². The van der Waals surface area contributed by atoms with Crippen LogP contribution in [0.4, 0.5) is 0 Å². The highest BCUT2D eigenvalue weighted by Gasteiger charge is 2.25. The van der Waals surface area contributed by atoms with Crippen LogP contribution in [0.1, 0.15) is 92.9 Å². The normalized spacial score (nSPS) is 18.0. The van der Waals surface area contributed by atoms with Crippen LogP contribution < -0.4 is 0 Å². The molecule has 0 saturated carbocycles. The Hall–Kier alpha value is -0.0400. The third-order valence-electron chi connectivity index (χ3n) is 4.88. The Balaban J connectivity index is 4.14. The van der Waals surface area contributed by atoms with Crippen molar-refractivity contribution < 1.29 is 4.74 Å². The van der Waals surface area contributed by atoms with Crippen LogP contribution in [0.15, 0.2) is 0 Å². The molecule has 2 unspecified atom stereocenters. The molecule has 0 aliphatic carbocycles. The lowest BCUT2D eigenvalue weighted by molar-refractivity contribution is -0.00690. The Bertz CT molecular complexity index is 192. The molecule has 19 heavy (non-hydrogen) atoms. The quantitative estimate of drug-likeness (QED) is 0.409. The van der Waals surface area contributed by atoms with Crippen LogP contribution in [0.5, 0.6) is 0 Å². The number of hydrogen-bond donors (Lipinski definition) is 0. The van der Waals surface area contributed by atoms with Crippen LogP contribution in [-0.2, 0) is 4.74 Å². The van der Waals surface area contributed by atoms with Gasteiger partial charge in [0.2, 0.25) is 0 Å². The Morgan fingerprint density at radius 3 is 1.32 bits per heavy atom. The average Bonchev–Trinajstić information content (AvgIpc) is 2.43. The minimum Gasteiger partial charge on any atom is -0.380 e. The smallest absolute Gasteiger partial charge is 0.0519 e. The second-order valence-corrected chi connectivity index (χ2v) is 7.03. The van der Waals surface area contributed by atoms with Gasteiger partial charge in [-0.2, -0.15) is 0 Å². The van der Waals surface area contributed by atoms with Gasteiger partial charge in [-0.15, -0.1) is 0 Å². The summed E-state index contributed by atoms with van der Waals surface area (Å²) >= 11 is 0. The predicted molar refractivity (Wildman–Crippen MR) is 86.7 cm³/mol. The zero-order valence-corrected chi connectivity index (χ0v) is 14.5. The van der Waals surface area contributed by atoms with Gasteiger partial charge in [0, 0.05) is 0 Å². The molecule has 0 aliphatic heterocycles. The third kappa shape index (κ3) is 7.97. The monoisotopic (exact) mass is 270 g/mol. The maximum atomic E-state index is 6.14. The summed E-state index contributed by atoms with van der Waals surface area (Å²) < 4.78 is 6.14. The van der Waals surface area contributed by atoms with Gasteiger partial charge in [0.1, 0.15) is 0 Å². The summed E-state index contributed by atoms with van der Waals surface area (Å²) in [6.45, 7) is 15.8. The first kappa shape index (κ1) is 19.0. The minimum atomic E-state index is 0.384. The standard InChI is InChI=1S/C18H38O/c1-7-11-13-17(5,9-3)15-19-16-18(6,10-4)14-12-8-2/h7-16H2,1-6H3. The summed E-state index contributed by atoms with van der Waals surface area (Å²) in [4.78, 5) is 0. The second kappa shape index (κ2) is 9.80. The first-order chi connectivity index (χ1) is 8.95. The van der Waals surface area contributed by atoms with Crippen LogP contribution in [0, 0.1) is 10.8 Å². The Labute approximate surface area is 122 Å². The molecule has 0 bridgehead atoms. The number of unbranched alkanes of at least 4 members (excludes halogenated alkanes) is 2. The van der Waals surface area contributed by atoms with E-state index in [0.29, 0.717) is 10.8 Å². The maximum absolute atomic E-state index is 6.14. The lowest BCUT2D eigenvalue weighted by Gasteiger charge is -2.32. The molecule has 0 aromatic carbocycles. The molecule has 0 aromatic heterocycles. The van der Waals surface area contributed by atoms with Crippen molar-refractivity contribution in [2.24, 2.45) is 10.8 Å². The highest BCUT2D eigenvalue weighted by Crippen LogP contribution is 2.32. The van der Waals surface area contributed by atoms with E-state index in [1.54, 1.807) is 0 Å². The van der Waals surface area contributed by atoms with Crippen molar-refractivity contribution in [3.8, 4) is 0 Å². The van der Waals surface area contributed by atoms with Crippen LogP contribution in [0.2, 0.25) is 0 Å². The van der Waals surface area contributed by atoms with Crippen molar-refractivity contribution in [3.05, 3.63) is 0 Å². The van der Waals surface area contributed by atoms with E-state index in [-0.39, 0.29) is 0 Å². The van der Waals surface area contributed by atoms with Gasteiger partial charge in [-0.1, -0.05) is 67.2 Å². The van der Waals surface area contributed by atoms with Crippen LogP contribution in [-0.4, -0.2) is 13.2 Å². The van der Waals surface area contributed by atoms with Gasteiger partial charge < -0.3 is 4.74 Å². The molecule has 0 N–H and O–H groups in total. The number of ether oxygens (including phenoxy) is 1. The molecule has 2 atom stereocenters. The molecule has 1 heteroatoms. The van der Waals surface area contributed by atoms with E-state index in [0.717, 1.165) is 13.2 Å². The molecule has 0 fully saturated rings. The highest BCUT2D eigenvalue weighted by molar-refractivity contribution is 4.75. The second-order valence-electron chi connectivity index (χ2n) is 7.03. The lowest BCUT2D eigenvalue weighted by atomic mass is 9.82. The fraction of sp³-hybridized carbons (Fsp3) is 1.00. The fourth-order valence-corrected chi connectivity index (χ4v) is 2.45. The van der Waals surface area contributed by atoms with E-state index < -0.39 is 0 Å². The molecule has 0 rings (SSSR count). The summed E-state index contributed by atoms with van der Waals surface area (Å²) in [6, 6.07) is 0. The van der Waals surface area contributed by atoms with E-state index in [2.05, 4.69) is 41.5 Å². The van der Waals surface area contributed by atoms with Crippen LogP contribution in [0.3, 0.4) is 0 Å². The van der Waals surface area contributed by atoms with E-state index in [1.165, 1.54) is 51.4 Å². The van der Waals surface area contributed by atoms with Crippen molar-refractivity contribution in [2.45, 2.75) is 92.9 Å². The van der Waals surface area contributed by atoms with Crippen molar-refractivity contribution in [1.82, 2.24) is 0 Å². The summed E-state index contributed by atoms with van der Waals surface area (Å²) in [5.41, 5.74) is 0.769. The van der Waals surface area contributed by atoms with Crippen molar-refractivity contribution in [1.29, 1.82) is 0 Å². The summed E-state index contributed by atoms with van der Waals surface area (Å²) in [5.74, 6) is 0. The molecular formula is C18H38O. The SMILES string of the molecule is CCCCC(C)(CC)COCC(C)(CC)CCCC. The summed E-state index contributed by atoms with van der Waals surface area (Å²) in [7, 11) is 0. The van der Waals surface area contributed by atoms with Crippen molar-refractivity contribution in [3.63, 3.8) is 0 Å². The minimum absolute atomic E-state index is 0.384. The fourth-order valence-electron chi connectivity index (χ4n) is 2.45. The third-order valence-corrected chi connectivity index (χ3v) is 4.88. The molecule has 0 radical (unpaired) electrons. The molecule has 0 heterocycles. The first-order valence-corrected chi connectivity index (χ1v) is 8.53. The molecular weight excluding hydrogens is 232 g/mol. The zero-order chi connectivity index (χ0) is 14.8. The largest absolute Gasteiger partial charge is 0.380 e. The molecule has 0 aliphatic rings. The average molecular weight is 271 g/mol. The molecule has 0 aromatic rings. The maximum Gasteiger partial charge on any atom is 0.0519 e. The van der Waals surface area contributed by atoms with Gasteiger partial charge >= 0.3 is 0 Å². The molecule has 0 amide bonds. The van der Waals surface area contributed by atoms with E-state index >= 15 is 0 Å². The number of hydrogen-bond acceptors (Lipinski definition) is 1. The van der Waals surface area contributed by atoms with E-state index in [4.69, 9.17) is 4.74 Å². The van der Waals surface area contributed by atoms with Crippen molar-refractivity contribution in [2.75, 3.05) is 13.2 Å². The number of rotatable bonds is 12. The summed E-state index contributed by atoms with van der Waals surface area (Å²) in [6.07, 6.45) is 10.3. The van der Waals surface area contributed by atoms with Crippen LogP contribution in [0.25, 0.3) is 0 Å². The molecule has 0 saturated heterocycles. The Kier molecular flexibility index (Phi) is 9.78. The molecule has 0 spiro atoms. The van der Waals surface area contributed by atoms with Gasteiger partial charge in [-0.3, -0.25) is 0 Å². The van der Waals surface area contributed by atoms with Crippen molar-refractivity contribution >= 4 is 0 Å². The lowest BCUT2D eigenvalue weighted by Crippen LogP contribution is -2.28. The highest BCUT2D eigenvalue weighted by atomic mass is 16.5. The summed E-state index contributed by atoms with van der Waals surface area (Å²) in [5, 5.41) is 0. The Morgan fingerprint density at radius 2 is 1.05 bits per heavy atom. The van der Waals surface area contributed by atoms with Gasteiger partial charge in [-0.05, 0) is 36.5 Å². The van der Waals surface area contributed by atoms with E-state index in [1.807, 2.05) is 0 Å². The van der Waals surface area contributed by atoms with Gasteiger partial charge in [0.15, 0.2) is 0 Å². The van der Waals surface area contributed by atoms with Gasteiger partial charge in [-0.25, -0.2) is 0 Å².